The Kier molecular flexibility index (Phi) is 4.46. The van der Waals surface area contributed by atoms with Gasteiger partial charge in [-0.25, -0.2) is 0 Å². The van der Waals surface area contributed by atoms with Gasteiger partial charge in [0.05, 0.1) is 12.0 Å². The smallest absolute Gasteiger partial charge is 0.143 e. The Bertz CT molecular complexity index is 138. The van der Waals surface area contributed by atoms with Crippen LogP contribution in [-0.4, -0.2) is 17.5 Å². The van der Waals surface area contributed by atoms with Crippen LogP contribution in [0.1, 0.15) is 40.5 Å². The van der Waals surface area contributed by atoms with Crippen molar-refractivity contribution in [1.82, 2.24) is 0 Å². The Hall–Kier alpha value is -0.370. The van der Waals surface area contributed by atoms with Crippen molar-refractivity contribution in [2.24, 2.45) is 11.3 Å². The van der Waals surface area contributed by atoms with Gasteiger partial charge in [0.1, 0.15) is 5.78 Å². The van der Waals surface area contributed by atoms with Gasteiger partial charge in [-0.2, -0.15) is 0 Å². The molecule has 2 heteroatoms. The Labute approximate surface area is 75.0 Å². The van der Waals surface area contributed by atoms with Gasteiger partial charge in [0.15, 0.2) is 0 Å². The van der Waals surface area contributed by atoms with E-state index in [1.165, 1.54) is 0 Å². The molecule has 0 saturated heterocycles. The average molecular weight is 172 g/mol. The van der Waals surface area contributed by atoms with E-state index in [4.69, 9.17) is 0 Å². The van der Waals surface area contributed by atoms with Crippen LogP contribution >= 0.6 is 0 Å². The summed E-state index contributed by atoms with van der Waals surface area (Å²) in [6, 6.07) is 0. The zero-order chi connectivity index (χ0) is 9.78. The van der Waals surface area contributed by atoms with Gasteiger partial charge >= 0.3 is 0 Å². The van der Waals surface area contributed by atoms with Crippen molar-refractivity contribution in [3.05, 3.63) is 0 Å². The van der Waals surface area contributed by atoms with Crippen LogP contribution in [0, 0.1) is 11.3 Å². The molecule has 0 radical (unpaired) electrons. The fourth-order valence-electron chi connectivity index (χ4n) is 1.51. The molecule has 12 heavy (non-hydrogen) atoms. The molecule has 0 fully saturated rings. The predicted molar refractivity (Wildman–Crippen MR) is 49.9 cm³/mol. The predicted octanol–water partition coefficient (Wildman–Crippen LogP) is 2.01. The Morgan fingerprint density at radius 3 is 1.83 bits per heavy atom. The summed E-state index contributed by atoms with van der Waals surface area (Å²) in [5.74, 6) is 0.215. The van der Waals surface area contributed by atoms with Crippen LogP contribution in [0.15, 0.2) is 0 Å². The molecule has 0 aromatic heterocycles. The average Bonchev–Trinajstić information content (AvgIpc) is 2.08. The third-order valence-electron chi connectivity index (χ3n) is 2.70. The van der Waals surface area contributed by atoms with Crippen molar-refractivity contribution in [2.75, 3.05) is 6.61 Å². The van der Waals surface area contributed by atoms with Gasteiger partial charge in [-0.05, 0) is 12.8 Å². The molecule has 0 atom stereocenters. The van der Waals surface area contributed by atoms with Gasteiger partial charge in [-0.3, -0.25) is 4.79 Å². The Morgan fingerprint density at radius 2 is 1.75 bits per heavy atom. The normalized spacial score (nSPS) is 12.2. The summed E-state index contributed by atoms with van der Waals surface area (Å²) in [6.07, 6.45) is 1.47. The number of hydrogen-bond donors (Lipinski definition) is 1. The number of carbonyl (C=O) groups excluding carboxylic acids is 1. The molecule has 0 aliphatic rings. The number of hydrogen-bond acceptors (Lipinski definition) is 2. The Morgan fingerprint density at radius 1 is 1.33 bits per heavy atom. The highest BCUT2D eigenvalue weighted by atomic mass is 16.3. The summed E-state index contributed by atoms with van der Waals surface area (Å²) in [7, 11) is 0. The lowest BCUT2D eigenvalue weighted by atomic mass is 9.75. The van der Waals surface area contributed by atoms with E-state index in [1.54, 1.807) is 0 Å². The van der Waals surface area contributed by atoms with Crippen LogP contribution in [0.25, 0.3) is 0 Å². The molecular formula is C10H20O2. The van der Waals surface area contributed by atoms with Gasteiger partial charge in [0, 0.05) is 5.92 Å². The van der Waals surface area contributed by atoms with E-state index in [-0.39, 0.29) is 18.3 Å². The second kappa shape index (κ2) is 4.61. The fourth-order valence-corrected chi connectivity index (χ4v) is 1.51. The maximum atomic E-state index is 11.7. The number of ketones is 1. The van der Waals surface area contributed by atoms with Crippen molar-refractivity contribution in [3.8, 4) is 0 Å². The number of aliphatic hydroxyl groups excluding tert-OH is 1. The SMILES string of the molecule is CCC(CC)(CO)C(=O)C(C)C. The minimum Gasteiger partial charge on any atom is -0.395 e. The second-order valence-corrected chi connectivity index (χ2v) is 3.66. The maximum Gasteiger partial charge on any atom is 0.143 e. The van der Waals surface area contributed by atoms with E-state index in [0.29, 0.717) is 0 Å². The lowest BCUT2D eigenvalue weighted by molar-refractivity contribution is -0.134. The van der Waals surface area contributed by atoms with Crippen LogP contribution < -0.4 is 0 Å². The number of carbonyl (C=O) groups is 1. The zero-order valence-corrected chi connectivity index (χ0v) is 8.55. The lowest BCUT2D eigenvalue weighted by Gasteiger charge is -2.29. The molecule has 72 valence electrons. The molecule has 0 aromatic rings. The Balaban J connectivity index is 4.59. The minimum absolute atomic E-state index is 0.0169. The van der Waals surface area contributed by atoms with Crippen LogP contribution in [0.4, 0.5) is 0 Å². The van der Waals surface area contributed by atoms with Crippen molar-refractivity contribution >= 4 is 5.78 Å². The van der Waals surface area contributed by atoms with Crippen molar-refractivity contribution in [2.45, 2.75) is 40.5 Å². The molecule has 0 aromatic carbocycles. The molecule has 0 amide bonds. The highest BCUT2D eigenvalue weighted by Crippen LogP contribution is 2.29. The van der Waals surface area contributed by atoms with Crippen molar-refractivity contribution in [3.63, 3.8) is 0 Å². The largest absolute Gasteiger partial charge is 0.395 e. The van der Waals surface area contributed by atoms with Crippen LogP contribution in [-0.2, 0) is 4.79 Å². The van der Waals surface area contributed by atoms with Crippen LogP contribution in [0.5, 0.6) is 0 Å². The fraction of sp³-hybridized carbons (Fsp3) is 0.900. The topological polar surface area (TPSA) is 37.3 Å². The van der Waals surface area contributed by atoms with E-state index >= 15 is 0 Å². The van der Waals surface area contributed by atoms with Crippen molar-refractivity contribution < 1.29 is 9.90 Å². The van der Waals surface area contributed by atoms with Gasteiger partial charge in [-0.15, -0.1) is 0 Å². The molecule has 0 rings (SSSR count). The summed E-state index contributed by atoms with van der Waals surface area (Å²) >= 11 is 0. The first-order chi connectivity index (χ1) is 5.54. The molecule has 2 nitrogen and oxygen atoms in total. The standard InChI is InChI=1S/C10H20O2/c1-5-10(6-2,7-11)9(12)8(3)4/h8,11H,5-7H2,1-4H3. The quantitative estimate of drug-likeness (QED) is 0.688. The van der Waals surface area contributed by atoms with Gasteiger partial charge in [0.25, 0.3) is 0 Å². The third-order valence-corrected chi connectivity index (χ3v) is 2.70. The number of Topliss-reactive ketones (excluding diaryl/α,β-unsaturated/α-hetero) is 1. The maximum absolute atomic E-state index is 11.7. The molecule has 1 N–H and O–H groups in total. The summed E-state index contributed by atoms with van der Waals surface area (Å²) in [5, 5.41) is 9.18. The first kappa shape index (κ1) is 11.6. The minimum atomic E-state index is -0.478. The van der Waals surface area contributed by atoms with Crippen molar-refractivity contribution in [1.29, 1.82) is 0 Å². The molecule has 0 unspecified atom stereocenters. The molecule has 0 heterocycles. The summed E-state index contributed by atoms with van der Waals surface area (Å²) in [5.41, 5.74) is -0.478. The van der Waals surface area contributed by atoms with E-state index in [9.17, 15) is 9.90 Å². The van der Waals surface area contributed by atoms with E-state index in [1.807, 2.05) is 27.7 Å². The van der Waals surface area contributed by atoms with Gasteiger partial charge < -0.3 is 5.11 Å². The highest BCUT2D eigenvalue weighted by molar-refractivity contribution is 5.86. The summed E-state index contributed by atoms with van der Waals surface area (Å²) < 4.78 is 0. The van der Waals surface area contributed by atoms with Crippen LogP contribution in [0.2, 0.25) is 0 Å². The van der Waals surface area contributed by atoms with E-state index in [2.05, 4.69) is 0 Å². The zero-order valence-electron chi connectivity index (χ0n) is 8.55. The molecule has 0 saturated carbocycles. The van der Waals surface area contributed by atoms with Crippen LogP contribution in [0.3, 0.4) is 0 Å². The summed E-state index contributed by atoms with van der Waals surface area (Å²) in [6.45, 7) is 7.67. The van der Waals surface area contributed by atoms with E-state index < -0.39 is 5.41 Å². The summed E-state index contributed by atoms with van der Waals surface area (Å²) in [4.78, 5) is 11.7. The molecule has 0 spiro atoms. The lowest BCUT2D eigenvalue weighted by Crippen LogP contribution is -2.36. The first-order valence-electron chi connectivity index (χ1n) is 4.69. The first-order valence-corrected chi connectivity index (χ1v) is 4.69. The molecule has 0 aliphatic heterocycles. The van der Waals surface area contributed by atoms with Gasteiger partial charge in [-0.1, -0.05) is 27.7 Å². The third kappa shape index (κ3) is 2.07. The molecular weight excluding hydrogens is 152 g/mol. The molecule has 0 bridgehead atoms. The molecule has 0 aliphatic carbocycles. The van der Waals surface area contributed by atoms with Gasteiger partial charge in [0.2, 0.25) is 0 Å². The monoisotopic (exact) mass is 172 g/mol. The highest BCUT2D eigenvalue weighted by Gasteiger charge is 2.34. The van der Waals surface area contributed by atoms with E-state index in [0.717, 1.165) is 12.8 Å². The second-order valence-electron chi connectivity index (χ2n) is 3.66. The number of rotatable bonds is 5. The number of aliphatic hydroxyl groups is 1.